The molecule has 0 atom stereocenters. The minimum absolute atomic E-state index is 0.276. The second-order valence-electron chi connectivity index (χ2n) is 6.88. The van der Waals surface area contributed by atoms with E-state index < -0.39 is 11.7 Å². The fraction of sp³-hybridized carbons (Fsp3) is 0.238. The van der Waals surface area contributed by atoms with E-state index >= 15 is 0 Å². The van der Waals surface area contributed by atoms with Crippen molar-refractivity contribution in [3.8, 4) is 0 Å². The van der Waals surface area contributed by atoms with Gasteiger partial charge in [-0.15, -0.1) is 0 Å². The molecule has 1 aromatic heterocycles. The van der Waals surface area contributed by atoms with Crippen molar-refractivity contribution in [3.63, 3.8) is 0 Å². The van der Waals surface area contributed by atoms with Crippen LogP contribution in [0.4, 0.5) is 17.6 Å². The third-order valence-electron chi connectivity index (χ3n) is 4.99. The summed E-state index contributed by atoms with van der Waals surface area (Å²) < 4.78 is 53.9. The zero-order valence-electron chi connectivity index (χ0n) is 14.7. The first kappa shape index (κ1) is 17.8. The number of likely N-dealkylation sites (N-methyl/N-ethyl adjacent to an activating group) is 1. The number of hydrogen-bond acceptors (Lipinski definition) is 1. The summed E-state index contributed by atoms with van der Waals surface area (Å²) in [6.45, 7) is 1.65. The van der Waals surface area contributed by atoms with Crippen molar-refractivity contribution in [2.75, 3.05) is 13.6 Å². The molecule has 3 aromatic rings. The number of benzene rings is 2. The molecule has 0 aliphatic carbocycles. The van der Waals surface area contributed by atoms with Gasteiger partial charge in [0.1, 0.15) is 5.82 Å². The monoisotopic (exact) mass is 374 g/mol. The first-order valence-corrected chi connectivity index (χ1v) is 8.68. The summed E-state index contributed by atoms with van der Waals surface area (Å²) in [6, 6.07) is 9.78. The third-order valence-corrected chi connectivity index (χ3v) is 4.99. The summed E-state index contributed by atoms with van der Waals surface area (Å²) in [5.41, 5.74) is 3.14. The van der Waals surface area contributed by atoms with Gasteiger partial charge in [-0.2, -0.15) is 13.2 Å². The van der Waals surface area contributed by atoms with Crippen molar-refractivity contribution < 1.29 is 17.6 Å². The van der Waals surface area contributed by atoms with E-state index in [9.17, 15) is 17.6 Å². The van der Waals surface area contributed by atoms with Crippen LogP contribution in [0.15, 0.2) is 42.5 Å². The molecular weight excluding hydrogens is 356 g/mol. The van der Waals surface area contributed by atoms with E-state index in [-0.39, 0.29) is 5.82 Å². The summed E-state index contributed by atoms with van der Waals surface area (Å²) in [5.74, 6) is -0.276. The fourth-order valence-electron chi connectivity index (χ4n) is 3.61. The van der Waals surface area contributed by atoms with Crippen LogP contribution in [-0.4, -0.2) is 23.1 Å². The lowest BCUT2D eigenvalue weighted by Gasteiger charge is -2.23. The second kappa shape index (κ2) is 6.53. The molecule has 0 amide bonds. The standard InChI is InChI=1S/C21H18F4N2/c1-26-10-9-20-18(13-26)17-12-16(22)6-7-19(17)27(20)11-8-14-2-4-15(5-3-14)21(23,24)25/h2-8,11-12H,9-10,13H2,1H3. The molecule has 0 saturated heterocycles. The average Bonchev–Trinajstić information content (AvgIpc) is 2.92. The molecule has 0 spiro atoms. The maximum Gasteiger partial charge on any atom is 0.416 e. The van der Waals surface area contributed by atoms with Crippen molar-refractivity contribution in [3.05, 3.63) is 70.7 Å². The van der Waals surface area contributed by atoms with Gasteiger partial charge in [-0.05, 0) is 54.6 Å². The smallest absolute Gasteiger partial charge is 0.320 e. The van der Waals surface area contributed by atoms with Crippen molar-refractivity contribution in [1.29, 1.82) is 0 Å². The topological polar surface area (TPSA) is 8.17 Å². The molecule has 1 aliphatic rings. The molecule has 0 saturated carbocycles. The Morgan fingerprint density at radius 3 is 2.48 bits per heavy atom. The molecule has 4 rings (SSSR count). The largest absolute Gasteiger partial charge is 0.416 e. The third kappa shape index (κ3) is 3.37. The molecule has 2 aromatic carbocycles. The minimum Gasteiger partial charge on any atom is -0.320 e. The van der Waals surface area contributed by atoms with Crippen LogP contribution >= 0.6 is 0 Å². The number of aromatic nitrogens is 1. The summed E-state index contributed by atoms with van der Waals surface area (Å²) in [4.78, 5) is 2.19. The molecule has 27 heavy (non-hydrogen) atoms. The number of nitrogens with zero attached hydrogens (tertiary/aromatic N) is 2. The number of alkyl halides is 3. The van der Waals surface area contributed by atoms with Crippen LogP contribution in [0.2, 0.25) is 0 Å². The van der Waals surface area contributed by atoms with Gasteiger partial charge in [0.25, 0.3) is 0 Å². The van der Waals surface area contributed by atoms with Crippen LogP contribution in [0.5, 0.6) is 0 Å². The van der Waals surface area contributed by atoms with E-state index in [1.165, 1.54) is 18.2 Å². The normalized spacial score (nSPS) is 15.6. The SMILES string of the molecule is CN1CCc2c(c3cc(F)ccc3n2C=Cc2ccc(C(F)(F)F)cc2)C1. The van der Waals surface area contributed by atoms with E-state index in [0.717, 1.165) is 53.8 Å². The lowest BCUT2D eigenvalue weighted by Crippen LogP contribution is -2.26. The molecule has 0 unspecified atom stereocenters. The van der Waals surface area contributed by atoms with Crippen LogP contribution in [0.3, 0.4) is 0 Å². The zero-order chi connectivity index (χ0) is 19.2. The molecular formula is C21H18F4N2. The van der Waals surface area contributed by atoms with E-state index in [1.54, 1.807) is 18.2 Å². The van der Waals surface area contributed by atoms with E-state index in [2.05, 4.69) is 4.90 Å². The van der Waals surface area contributed by atoms with Gasteiger partial charge in [-0.1, -0.05) is 12.1 Å². The van der Waals surface area contributed by atoms with Gasteiger partial charge >= 0.3 is 6.18 Å². The molecule has 6 heteroatoms. The second-order valence-corrected chi connectivity index (χ2v) is 6.88. The molecule has 2 nitrogen and oxygen atoms in total. The van der Waals surface area contributed by atoms with Crippen molar-refractivity contribution >= 4 is 23.2 Å². The van der Waals surface area contributed by atoms with Gasteiger partial charge in [-0.3, -0.25) is 0 Å². The van der Waals surface area contributed by atoms with Crippen LogP contribution < -0.4 is 0 Å². The molecule has 0 radical (unpaired) electrons. The van der Waals surface area contributed by atoms with Crippen LogP contribution in [0.1, 0.15) is 22.4 Å². The Balaban J connectivity index is 1.75. The highest BCUT2D eigenvalue weighted by Crippen LogP contribution is 2.32. The summed E-state index contributed by atoms with van der Waals surface area (Å²) in [7, 11) is 2.03. The van der Waals surface area contributed by atoms with E-state index in [4.69, 9.17) is 0 Å². The van der Waals surface area contributed by atoms with Crippen molar-refractivity contribution in [2.45, 2.75) is 19.1 Å². The lowest BCUT2D eigenvalue weighted by atomic mass is 10.1. The Morgan fingerprint density at radius 2 is 1.78 bits per heavy atom. The molecule has 0 N–H and O–H groups in total. The quantitative estimate of drug-likeness (QED) is 0.544. The Labute approximate surface area is 154 Å². The summed E-state index contributed by atoms with van der Waals surface area (Å²) >= 11 is 0. The van der Waals surface area contributed by atoms with Gasteiger partial charge in [0.15, 0.2) is 0 Å². The van der Waals surface area contributed by atoms with Gasteiger partial charge in [-0.25, -0.2) is 4.39 Å². The molecule has 2 heterocycles. The Hall–Kier alpha value is -2.60. The van der Waals surface area contributed by atoms with Crippen molar-refractivity contribution in [2.24, 2.45) is 0 Å². The van der Waals surface area contributed by atoms with Crippen LogP contribution in [-0.2, 0) is 19.1 Å². The summed E-state index contributed by atoms with van der Waals surface area (Å²) in [5, 5.41) is 0.883. The van der Waals surface area contributed by atoms with Crippen molar-refractivity contribution in [1.82, 2.24) is 9.47 Å². The highest BCUT2D eigenvalue weighted by Gasteiger charge is 2.29. The number of halogens is 4. The molecule has 0 fully saturated rings. The highest BCUT2D eigenvalue weighted by atomic mass is 19.4. The first-order chi connectivity index (χ1) is 12.8. The van der Waals surface area contributed by atoms with Crippen LogP contribution in [0, 0.1) is 5.82 Å². The van der Waals surface area contributed by atoms with Gasteiger partial charge in [0, 0.05) is 36.8 Å². The molecule has 0 bridgehead atoms. The molecule has 140 valence electrons. The van der Waals surface area contributed by atoms with Crippen LogP contribution in [0.25, 0.3) is 23.2 Å². The average molecular weight is 374 g/mol. The highest BCUT2D eigenvalue weighted by molar-refractivity contribution is 5.88. The maximum absolute atomic E-state index is 13.8. The van der Waals surface area contributed by atoms with E-state index in [0.29, 0.717) is 5.56 Å². The first-order valence-electron chi connectivity index (χ1n) is 8.68. The number of fused-ring (bicyclic) bond motifs is 3. The number of hydrogen-bond donors (Lipinski definition) is 0. The molecule has 1 aliphatic heterocycles. The van der Waals surface area contributed by atoms with Gasteiger partial charge in [0.2, 0.25) is 0 Å². The Morgan fingerprint density at radius 1 is 1.04 bits per heavy atom. The Bertz CT molecular complexity index is 1010. The predicted molar refractivity (Wildman–Crippen MR) is 98.6 cm³/mol. The minimum atomic E-state index is -4.34. The van der Waals surface area contributed by atoms with E-state index in [1.807, 2.05) is 17.8 Å². The summed E-state index contributed by atoms with van der Waals surface area (Å²) in [6.07, 6.45) is 0.127. The fourth-order valence-corrected chi connectivity index (χ4v) is 3.61. The predicted octanol–water partition coefficient (Wildman–Crippen LogP) is 5.42. The lowest BCUT2D eigenvalue weighted by molar-refractivity contribution is -0.137. The van der Waals surface area contributed by atoms with Gasteiger partial charge < -0.3 is 9.47 Å². The maximum atomic E-state index is 13.8. The van der Waals surface area contributed by atoms with Gasteiger partial charge in [0.05, 0.1) is 11.1 Å². The zero-order valence-corrected chi connectivity index (χ0v) is 14.7. The number of rotatable bonds is 2. The Kier molecular flexibility index (Phi) is 4.30.